The number of nitrogen functional groups attached to an aromatic ring is 1. The van der Waals surface area contributed by atoms with Gasteiger partial charge in [0.2, 0.25) is 5.91 Å². The molecule has 20 heavy (non-hydrogen) atoms. The van der Waals surface area contributed by atoms with Gasteiger partial charge >= 0.3 is 0 Å². The van der Waals surface area contributed by atoms with E-state index in [2.05, 4.69) is 21.2 Å². The third-order valence-electron chi connectivity index (χ3n) is 3.28. The van der Waals surface area contributed by atoms with Crippen LogP contribution in [0.3, 0.4) is 0 Å². The molecule has 1 fully saturated rings. The van der Waals surface area contributed by atoms with E-state index in [-0.39, 0.29) is 12.1 Å². The Hall–Kier alpha value is -1.89. The van der Waals surface area contributed by atoms with Crippen LogP contribution in [-0.4, -0.2) is 34.7 Å². The Morgan fingerprint density at radius 2 is 2.05 bits per heavy atom. The minimum absolute atomic E-state index is 0.177. The second-order valence-corrected chi connectivity index (χ2v) is 5.97. The minimum Gasteiger partial charge on any atom is -0.398 e. The normalized spacial score (nSPS) is 17.9. The predicted molar refractivity (Wildman–Crippen MR) is 76.8 cm³/mol. The number of piperazine rings is 1. The maximum absolute atomic E-state index is 12.6. The average molecular weight is 340 g/mol. The molecule has 6 nitrogen and oxygen atoms in total. The molecule has 0 radical (unpaired) electrons. The van der Waals surface area contributed by atoms with E-state index >= 15 is 0 Å². The Labute approximate surface area is 124 Å². The van der Waals surface area contributed by atoms with E-state index in [9.17, 15) is 14.4 Å². The Bertz CT molecular complexity index is 613. The monoisotopic (exact) mass is 339 g/mol. The molecule has 106 valence electrons. The summed E-state index contributed by atoms with van der Waals surface area (Å²) in [6, 6.07) is 4.88. The molecule has 3 N–H and O–H groups in total. The molecule has 0 saturated carbocycles. The molecule has 0 unspecified atom stereocenters. The lowest BCUT2D eigenvalue weighted by molar-refractivity contribution is -0.143. The largest absolute Gasteiger partial charge is 0.398 e. The number of amides is 3. The molecule has 0 aliphatic carbocycles. The molecule has 0 spiro atoms. The van der Waals surface area contributed by atoms with Gasteiger partial charge < -0.3 is 10.6 Å². The number of nitrogens with one attached hydrogen (secondary N) is 1. The molecule has 0 bridgehead atoms. The Morgan fingerprint density at radius 1 is 1.40 bits per heavy atom. The van der Waals surface area contributed by atoms with Crippen LogP contribution in [-0.2, 0) is 9.59 Å². The summed E-state index contributed by atoms with van der Waals surface area (Å²) in [7, 11) is 0. The number of rotatable bonds is 1. The number of imide groups is 1. The van der Waals surface area contributed by atoms with Gasteiger partial charge in [0.25, 0.3) is 11.8 Å². The van der Waals surface area contributed by atoms with Gasteiger partial charge in [0.1, 0.15) is 12.1 Å². The number of carbonyl (C=O) groups is 3. The summed E-state index contributed by atoms with van der Waals surface area (Å²) in [6.45, 7) is 2.99. The third-order valence-corrected chi connectivity index (χ3v) is 3.77. The van der Waals surface area contributed by atoms with Crippen LogP contribution in [0.2, 0.25) is 0 Å². The van der Waals surface area contributed by atoms with E-state index in [0.29, 0.717) is 10.2 Å². The molecule has 2 rings (SSSR count). The number of anilines is 1. The van der Waals surface area contributed by atoms with Crippen LogP contribution in [0.5, 0.6) is 0 Å². The summed E-state index contributed by atoms with van der Waals surface area (Å²) in [5, 5.41) is 2.22. The van der Waals surface area contributed by atoms with E-state index in [4.69, 9.17) is 5.73 Å². The van der Waals surface area contributed by atoms with Crippen LogP contribution in [0, 0.1) is 0 Å². The van der Waals surface area contributed by atoms with Crippen molar-refractivity contribution in [2.24, 2.45) is 0 Å². The summed E-state index contributed by atoms with van der Waals surface area (Å²) in [5.74, 6) is -1.45. The van der Waals surface area contributed by atoms with Gasteiger partial charge in [0.05, 0.1) is 5.56 Å². The highest BCUT2D eigenvalue weighted by Gasteiger charge is 2.44. The first kappa shape index (κ1) is 14.5. The summed E-state index contributed by atoms with van der Waals surface area (Å²) in [5.41, 5.74) is 5.25. The highest BCUT2D eigenvalue weighted by molar-refractivity contribution is 9.10. The van der Waals surface area contributed by atoms with Gasteiger partial charge in [-0.25, -0.2) is 0 Å². The van der Waals surface area contributed by atoms with Crippen LogP contribution in [0.1, 0.15) is 24.2 Å². The number of nitrogens with two attached hydrogens (primary N) is 1. The zero-order chi connectivity index (χ0) is 15.1. The topological polar surface area (TPSA) is 92.5 Å². The lowest BCUT2D eigenvalue weighted by atomic mass is 9.97. The van der Waals surface area contributed by atoms with Crippen LogP contribution in [0.25, 0.3) is 0 Å². The maximum atomic E-state index is 12.6. The summed E-state index contributed by atoms with van der Waals surface area (Å²) in [6.07, 6.45) is 0. The van der Waals surface area contributed by atoms with E-state index in [1.807, 2.05) is 0 Å². The standard InChI is InChI=1S/C13H14BrN3O3/c1-13(2)12(20)16-10(18)6-17(13)11(19)8-5-7(14)3-4-9(8)15/h3-5H,6,15H2,1-2H3,(H,16,18,20). The van der Waals surface area contributed by atoms with Crippen LogP contribution in [0.15, 0.2) is 22.7 Å². The second-order valence-electron chi connectivity index (χ2n) is 5.06. The SMILES string of the molecule is CC1(C)C(=O)NC(=O)CN1C(=O)c1cc(Br)ccc1N. The van der Waals surface area contributed by atoms with Crippen LogP contribution < -0.4 is 11.1 Å². The number of hydrogen-bond donors (Lipinski definition) is 2. The number of carbonyl (C=O) groups excluding carboxylic acids is 3. The molecule has 0 aromatic heterocycles. The lowest BCUT2D eigenvalue weighted by Gasteiger charge is -2.40. The predicted octanol–water partition coefficient (Wildman–Crippen LogP) is 0.908. The highest BCUT2D eigenvalue weighted by Crippen LogP contribution is 2.25. The molecule has 1 aliphatic rings. The van der Waals surface area contributed by atoms with Crippen molar-refractivity contribution < 1.29 is 14.4 Å². The molecular formula is C13H14BrN3O3. The molecular weight excluding hydrogens is 326 g/mol. The van der Waals surface area contributed by atoms with Crippen molar-refractivity contribution >= 4 is 39.3 Å². The van der Waals surface area contributed by atoms with Gasteiger partial charge in [-0.15, -0.1) is 0 Å². The second kappa shape index (κ2) is 4.90. The van der Waals surface area contributed by atoms with Crippen molar-refractivity contribution in [3.63, 3.8) is 0 Å². The van der Waals surface area contributed by atoms with E-state index in [1.165, 1.54) is 4.90 Å². The van der Waals surface area contributed by atoms with Gasteiger partial charge in [0, 0.05) is 10.2 Å². The zero-order valence-corrected chi connectivity index (χ0v) is 12.7. The first-order valence-electron chi connectivity index (χ1n) is 5.95. The van der Waals surface area contributed by atoms with Crippen molar-refractivity contribution in [2.45, 2.75) is 19.4 Å². The van der Waals surface area contributed by atoms with Crippen molar-refractivity contribution in [2.75, 3.05) is 12.3 Å². The third kappa shape index (κ3) is 2.40. The van der Waals surface area contributed by atoms with Gasteiger partial charge in [0.15, 0.2) is 0 Å². The van der Waals surface area contributed by atoms with Crippen molar-refractivity contribution in [3.8, 4) is 0 Å². The summed E-state index contributed by atoms with van der Waals surface area (Å²) < 4.78 is 0.695. The fourth-order valence-electron chi connectivity index (χ4n) is 1.97. The Balaban J connectivity index is 2.43. The quantitative estimate of drug-likeness (QED) is 0.587. The Morgan fingerprint density at radius 3 is 2.70 bits per heavy atom. The van der Waals surface area contributed by atoms with Gasteiger partial charge in [-0.2, -0.15) is 0 Å². The van der Waals surface area contributed by atoms with Crippen LogP contribution >= 0.6 is 15.9 Å². The van der Waals surface area contributed by atoms with Gasteiger partial charge in [-0.3, -0.25) is 19.7 Å². The lowest BCUT2D eigenvalue weighted by Crippen LogP contribution is -2.65. The minimum atomic E-state index is -1.11. The van der Waals surface area contributed by atoms with Crippen molar-refractivity contribution in [1.29, 1.82) is 0 Å². The van der Waals surface area contributed by atoms with Crippen molar-refractivity contribution in [1.82, 2.24) is 10.2 Å². The fraction of sp³-hybridized carbons (Fsp3) is 0.308. The van der Waals surface area contributed by atoms with E-state index in [1.54, 1.807) is 32.0 Å². The molecule has 1 saturated heterocycles. The van der Waals surface area contributed by atoms with Crippen LogP contribution in [0.4, 0.5) is 5.69 Å². The summed E-state index contributed by atoms with van der Waals surface area (Å²) in [4.78, 5) is 37.2. The maximum Gasteiger partial charge on any atom is 0.257 e. The highest BCUT2D eigenvalue weighted by atomic mass is 79.9. The first-order valence-corrected chi connectivity index (χ1v) is 6.74. The molecule has 1 aromatic carbocycles. The van der Waals surface area contributed by atoms with Crippen molar-refractivity contribution in [3.05, 3.63) is 28.2 Å². The number of halogens is 1. The number of nitrogens with zero attached hydrogens (tertiary/aromatic N) is 1. The zero-order valence-electron chi connectivity index (χ0n) is 11.1. The number of benzene rings is 1. The number of hydrogen-bond acceptors (Lipinski definition) is 4. The van der Waals surface area contributed by atoms with E-state index < -0.39 is 23.3 Å². The van der Waals surface area contributed by atoms with Gasteiger partial charge in [-0.05, 0) is 32.0 Å². The molecule has 7 heteroatoms. The molecule has 1 aromatic rings. The molecule has 3 amide bonds. The van der Waals surface area contributed by atoms with Gasteiger partial charge in [-0.1, -0.05) is 15.9 Å². The first-order chi connectivity index (χ1) is 9.23. The molecule has 0 atom stereocenters. The van der Waals surface area contributed by atoms with E-state index in [0.717, 1.165) is 0 Å². The molecule has 1 heterocycles. The fourth-order valence-corrected chi connectivity index (χ4v) is 2.33. The summed E-state index contributed by atoms with van der Waals surface area (Å²) >= 11 is 3.27. The molecule has 1 aliphatic heterocycles. The smallest absolute Gasteiger partial charge is 0.257 e. The Kier molecular flexibility index (Phi) is 3.56. The average Bonchev–Trinajstić information content (AvgIpc) is 2.36.